The minimum atomic E-state index is -0.121. The van der Waals surface area contributed by atoms with Gasteiger partial charge in [-0.2, -0.15) is 0 Å². The Kier molecular flexibility index (Phi) is 4.60. The summed E-state index contributed by atoms with van der Waals surface area (Å²) in [6.45, 7) is 0.578. The van der Waals surface area contributed by atoms with Crippen LogP contribution in [0.3, 0.4) is 0 Å². The van der Waals surface area contributed by atoms with Crippen molar-refractivity contribution in [3.05, 3.63) is 56.4 Å². The van der Waals surface area contributed by atoms with Gasteiger partial charge in [0.2, 0.25) is 0 Å². The number of rotatable bonds is 5. The lowest BCUT2D eigenvalue weighted by Gasteiger charge is -2.13. The summed E-state index contributed by atoms with van der Waals surface area (Å²) < 4.78 is 2.04. The van der Waals surface area contributed by atoms with Crippen LogP contribution in [0.15, 0.2) is 41.5 Å². The maximum Gasteiger partial charge on any atom is 0.288 e. The Labute approximate surface area is 168 Å². The van der Waals surface area contributed by atoms with Gasteiger partial charge in [0.25, 0.3) is 5.56 Å². The SMILES string of the molecule is N=C(N)NCCCc1[nH]c(-c2c[nH]c3ccccc23)cn2c(=O)c(I)nc1-2. The average Bonchev–Trinajstić information content (AvgIpc) is 3.20. The molecule has 6 N–H and O–H groups in total. The normalized spacial score (nSPS) is 11.3. The summed E-state index contributed by atoms with van der Waals surface area (Å²) in [6, 6.07) is 8.04. The smallest absolute Gasteiger partial charge is 0.288 e. The van der Waals surface area contributed by atoms with Crippen molar-refractivity contribution in [2.45, 2.75) is 12.8 Å². The number of fused-ring (bicyclic) bond motifs is 2. The van der Waals surface area contributed by atoms with Gasteiger partial charge in [-0.05, 0) is 41.5 Å². The molecule has 3 heterocycles. The molecule has 0 atom stereocenters. The van der Waals surface area contributed by atoms with Crippen LogP contribution in [0.1, 0.15) is 12.1 Å². The number of hydrogen-bond donors (Lipinski definition) is 5. The van der Waals surface area contributed by atoms with Crippen LogP contribution in [0.5, 0.6) is 0 Å². The van der Waals surface area contributed by atoms with E-state index >= 15 is 0 Å². The number of guanidine groups is 1. The van der Waals surface area contributed by atoms with Gasteiger partial charge in [-0.3, -0.25) is 14.8 Å². The molecule has 8 nitrogen and oxygen atoms in total. The zero-order chi connectivity index (χ0) is 19.0. The number of benzene rings is 1. The Balaban J connectivity index is 1.79. The number of halogens is 1. The largest absolute Gasteiger partial charge is 0.370 e. The lowest BCUT2D eigenvalue weighted by atomic mass is 10.1. The topological polar surface area (TPSA) is 128 Å². The molecule has 138 valence electrons. The van der Waals surface area contributed by atoms with Gasteiger partial charge in [0, 0.05) is 35.4 Å². The molecule has 4 rings (SSSR count). The quantitative estimate of drug-likeness (QED) is 0.131. The molecule has 0 fully saturated rings. The predicted molar refractivity (Wildman–Crippen MR) is 114 cm³/mol. The number of aromatic amines is 2. The molecule has 1 aromatic carbocycles. The van der Waals surface area contributed by atoms with E-state index in [1.165, 1.54) is 0 Å². The standard InChI is InChI=1S/C18H18IN7O/c19-15-17(27)26-9-14(11-8-23-12-5-2-1-4-10(11)12)24-13(16(26)25-15)6-3-7-22-18(20)21/h1-2,4-5,8-9,23-24H,3,6-7H2,(H4,20,21,22). The van der Waals surface area contributed by atoms with Crippen LogP contribution in [0.25, 0.3) is 28.0 Å². The van der Waals surface area contributed by atoms with Crippen LogP contribution in [-0.2, 0) is 6.42 Å². The molecule has 2 aliphatic rings. The number of nitrogens with zero attached hydrogens (tertiary/aromatic N) is 2. The van der Waals surface area contributed by atoms with Crippen LogP contribution >= 0.6 is 22.6 Å². The van der Waals surface area contributed by atoms with Gasteiger partial charge in [-0.1, -0.05) is 18.2 Å². The second kappa shape index (κ2) is 7.06. The Bertz CT molecular complexity index is 1160. The second-order valence-electron chi connectivity index (χ2n) is 6.24. The van der Waals surface area contributed by atoms with Crippen molar-refractivity contribution < 1.29 is 0 Å². The van der Waals surface area contributed by atoms with Gasteiger partial charge < -0.3 is 21.0 Å². The first kappa shape index (κ1) is 17.6. The lowest BCUT2D eigenvalue weighted by Crippen LogP contribution is -2.31. The van der Waals surface area contributed by atoms with Crippen molar-refractivity contribution >= 4 is 39.5 Å². The van der Waals surface area contributed by atoms with E-state index in [2.05, 4.69) is 20.3 Å². The number of H-pyrrole nitrogens is 2. The van der Waals surface area contributed by atoms with Crippen molar-refractivity contribution in [2.24, 2.45) is 5.73 Å². The molecule has 0 spiro atoms. The van der Waals surface area contributed by atoms with Crippen LogP contribution in [0, 0.1) is 9.11 Å². The van der Waals surface area contributed by atoms with Crippen molar-refractivity contribution in [1.82, 2.24) is 24.8 Å². The van der Waals surface area contributed by atoms with E-state index in [0.717, 1.165) is 34.3 Å². The van der Waals surface area contributed by atoms with Crippen molar-refractivity contribution in [3.8, 4) is 17.1 Å². The summed E-state index contributed by atoms with van der Waals surface area (Å²) in [4.78, 5) is 23.6. The molecule has 0 radical (unpaired) electrons. The predicted octanol–water partition coefficient (Wildman–Crippen LogP) is 2.17. The zero-order valence-corrected chi connectivity index (χ0v) is 16.5. The number of imidazole rings is 1. The van der Waals surface area contributed by atoms with E-state index in [-0.39, 0.29) is 11.5 Å². The van der Waals surface area contributed by atoms with E-state index in [0.29, 0.717) is 22.5 Å². The molecule has 2 aliphatic heterocycles. The minimum absolute atomic E-state index is 0.0473. The van der Waals surface area contributed by atoms with Gasteiger partial charge in [0.05, 0.1) is 11.4 Å². The third kappa shape index (κ3) is 3.29. The molecule has 0 saturated heterocycles. The molecule has 0 unspecified atom stereocenters. The number of aromatic nitrogens is 4. The molecular weight excluding hydrogens is 457 g/mol. The molecule has 0 amide bonds. The first-order chi connectivity index (χ1) is 13.0. The van der Waals surface area contributed by atoms with Crippen LogP contribution in [-0.4, -0.2) is 32.0 Å². The molecular formula is C18H18IN7O. The number of aryl methyl sites for hydroxylation is 1. The molecule has 0 aliphatic carbocycles. The summed E-state index contributed by atoms with van der Waals surface area (Å²) in [5.41, 5.74) is 8.97. The molecule has 9 heteroatoms. The van der Waals surface area contributed by atoms with Crippen LogP contribution in [0.2, 0.25) is 0 Å². The maximum atomic E-state index is 12.5. The monoisotopic (exact) mass is 475 g/mol. The van der Waals surface area contributed by atoms with Crippen molar-refractivity contribution in [2.75, 3.05) is 6.54 Å². The highest BCUT2D eigenvalue weighted by atomic mass is 127. The lowest BCUT2D eigenvalue weighted by molar-refractivity contribution is 0.742. The average molecular weight is 475 g/mol. The summed E-state index contributed by atoms with van der Waals surface area (Å²) in [7, 11) is 0. The fourth-order valence-corrected chi connectivity index (χ4v) is 3.68. The summed E-state index contributed by atoms with van der Waals surface area (Å²) >= 11 is 1.97. The molecule has 27 heavy (non-hydrogen) atoms. The Morgan fingerprint density at radius 3 is 3.00 bits per heavy atom. The highest BCUT2D eigenvalue weighted by molar-refractivity contribution is 14.1. The molecule has 1 aromatic heterocycles. The molecule has 2 aromatic rings. The molecule has 0 bridgehead atoms. The highest BCUT2D eigenvalue weighted by Gasteiger charge is 2.19. The zero-order valence-electron chi connectivity index (χ0n) is 14.3. The van der Waals surface area contributed by atoms with E-state index in [9.17, 15) is 4.79 Å². The van der Waals surface area contributed by atoms with Gasteiger partial charge in [0.15, 0.2) is 15.5 Å². The summed E-state index contributed by atoms with van der Waals surface area (Å²) in [5, 5.41) is 11.1. The first-order valence-corrected chi connectivity index (χ1v) is 9.56. The van der Waals surface area contributed by atoms with Gasteiger partial charge in [0.1, 0.15) is 0 Å². The number of hydrogen-bond acceptors (Lipinski definition) is 3. The van der Waals surface area contributed by atoms with Crippen molar-refractivity contribution in [1.29, 1.82) is 5.41 Å². The van der Waals surface area contributed by atoms with E-state index in [1.807, 2.05) is 53.1 Å². The number of nitrogens with one attached hydrogen (secondary N) is 4. The van der Waals surface area contributed by atoms with E-state index in [1.54, 1.807) is 10.8 Å². The first-order valence-electron chi connectivity index (χ1n) is 8.48. The fraction of sp³-hybridized carbons (Fsp3) is 0.167. The maximum absolute atomic E-state index is 12.5. The Hall–Kier alpha value is -2.82. The van der Waals surface area contributed by atoms with Gasteiger partial charge in [-0.25, -0.2) is 4.98 Å². The third-order valence-corrected chi connectivity index (χ3v) is 5.14. The Morgan fingerprint density at radius 1 is 1.37 bits per heavy atom. The summed E-state index contributed by atoms with van der Waals surface area (Å²) in [5.74, 6) is 0.588. The van der Waals surface area contributed by atoms with Crippen LogP contribution < -0.4 is 16.6 Å². The molecule has 0 saturated carbocycles. The minimum Gasteiger partial charge on any atom is -0.370 e. The van der Waals surface area contributed by atoms with Crippen molar-refractivity contribution in [3.63, 3.8) is 0 Å². The van der Waals surface area contributed by atoms with E-state index in [4.69, 9.17) is 11.1 Å². The second-order valence-corrected chi connectivity index (χ2v) is 7.26. The van der Waals surface area contributed by atoms with Crippen LogP contribution in [0.4, 0.5) is 0 Å². The Morgan fingerprint density at radius 2 is 2.19 bits per heavy atom. The highest BCUT2D eigenvalue weighted by Crippen LogP contribution is 2.29. The van der Waals surface area contributed by atoms with Gasteiger partial charge >= 0.3 is 0 Å². The van der Waals surface area contributed by atoms with E-state index < -0.39 is 0 Å². The number of nitrogens with two attached hydrogens (primary N) is 1. The number of para-hydroxylation sites is 1. The fourth-order valence-electron chi connectivity index (χ4n) is 3.20. The van der Waals surface area contributed by atoms with Gasteiger partial charge in [-0.15, -0.1) is 0 Å². The summed E-state index contributed by atoms with van der Waals surface area (Å²) in [6.07, 6.45) is 5.17. The third-order valence-electron chi connectivity index (χ3n) is 4.44.